The predicted octanol–water partition coefficient (Wildman–Crippen LogP) is 13.8. The van der Waals surface area contributed by atoms with Gasteiger partial charge in [0, 0.05) is 27.2 Å². The molecule has 0 saturated heterocycles. The van der Waals surface area contributed by atoms with E-state index in [1.165, 1.54) is 95.0 Å². The fraction of sp³-hybridized carbons (Fsp3) is 0.600. The van der Waals surface area contributed by atoms with Crippen LogP contribution in [-0.4, -0.2) is 32.9 Å². The van der Waals surface area contributed by atoms with Crippen molar-refractivity contribution in [1.82, 2.24) is 5.32 Å². The molecular formula is C45H73BClN4. The summed E-state index contributed by atoms with van der Waals surface area (Å²) >= 11 is 0. The van der Waals surface area contributed by atoms with Crippen molar-refractivity contribution in [3.05, 3.63) is 82.2 Å². The molecule has 0 atom stereocenters. The first kappa shape index (κ1) is 48.2. The summed E-state index contributed by atoms with van der Waals surface area (Å²) in [5.74, 6) is 2.01. The third kappa shape index (κ3) is 14.6. The summed E-state index contributed by atoms with van der Waals surface area (Å²) in [7, 11) is 0. The molecule has 4 nitrogen and oxygen atoms in total. The van der Waals surface area contributed by atoms with E-state index in [1.54, 1.807) is 0 Å². The van der Waals surface area contributed by atoms with Crippen LogP contribution in [0.3, 0.4) is 0 Å². The van der Waals surface area contributed by atoms with E-state index in [-0.39, 0.29) is 28.2 Å². The van der Waals surface area contributed by atoms with Crippen molar-refractivity contribution in [2.75, 3.05) is 18.4 Å². The van der Waals surface area contributed by atoms with Gasteiger partial charge in [0.25, 0.3) is 0 Å². The molecule has 0 spiro atoms. The monoisotopic (exact) mass is 716 g/mol. The van der Waals surface area contributed by atoms with Gasteiger partial charge >= 0.3 is 0 Å². The van der Waals surface area contributed by atoms with Crippen molar-refractivity contribution in [3.63, 3.8) is 0 Å². The van der Waals surface area contributed by atoms with E-state index in [9.17, 15) is 0 Å². The van der Waals surface area contributed by atoms with Crippen LogP contribution in [-0.2, 0) is 0 Å². The zero-order valence-corrected chi connectivity index (χ0v) is 34.1. The fourth-order valence-corrected chi connectivity index (χ4v) is 6.49. The lowest BCUT2D eigenvalue weighted by atomic mass is 9.92. The van der Waals surface area contributed by atoms with Crippen molar-refractivity contribution in [2.24, 2.45) is 9.98 Å². The van der Waals surface area contributed by atoms with E-state index in [0.29, 0.717) is 23.7 Å². The normalized spacial score (nSPS) is 15.8. The lowest BCUT2D eigenvalue weighted by molar-refractivity contribution is 0.709. The topological polar surface area (TPSA) is 48.8 Å². The number of aliphatic imine (C=N–C) groups is 2. The number of nitrogens with zero attached hydrogens (tertiary/aromatic N) is 2. The maximum atomic E-state index is 5.21. The Labute approximate surface area is 323 Å². The van der Waals surface area contributed by atoms with E-state index in [0.717, 1.165) is 38.8 Å². The Morgan fingerprint density at radius 2 is 1.12 bits per heavy atom. The summed E-state index contributed by atoms with van der Waals surface area (Å²) in [6.07, 6.45) is 16.4. The molecule has 51 heavy (non-hydrogen) atoms. The van der Waals surface area contributed by atoms with Crippen LogP contribution in [0.1, 0.15) is 187 Å². The first-order valence-corrected chi connectivity index (χ1v) is 19.4. The molecule has 4 rings (SSSR count). The molecule has 0 heterocycles. The van der Waals surface area contributed by atoms with Crippen molar-refractivity contribution in [3.8, 4) is 0 Å². The van der Waals surface area contributed by atoms with Gasteiger partial charge in [-0.3, -0.25) is 9.98 Å². The van der Waals surface area contributed by atoms with Gasteiger partial charge in [0.05, 0.1) is 28.5 Å². The van der Waals surface area contributed by atoms with E-state index < -0.39 is 0 Å². The molecular weight excluding hydrogens is 643 g/mol. The van der Waals surface area contributed by atoms with Crippen LogP contribution in [0, 0.1) is 0 Å². The van der Waals surface area contributed by atoms with Gasteiger partial charge in [-0.15, -0.1) is 12.4 Å². The second kappa shape index (κ2) is 25.2. The SMILES string of the molecule is C.CCCCN=C1CCCC=C1Nc1c(C(C)C)cccc1C(C)C.CCCCNC1=CCCCC1=Nc1c(C(C)C)cccc1C(C)C.Cl.[B]. The Bertz CT molecular complexity index is 1360. The molecule has 0 unspecified atom stereocenters. The van der Waals surface area contributed by atoms with Crippen molar-refractivity contribution in [1.29, 1.82) is 0 Å². The summed E-state index contributed by atoms with van der Waals surface area (Å²) < 4.78 is 0. The van der Waals surface area contributed by atoms with E-state index in [1.807, 2.05) is 0 Å². The summed E-state index contributed by atoms with van der Waals surface area (Å²) in [6.45, 7) is 24.6. The van der Waals surface area contributed by atoms with E-state index >= 15 is 0 Å². The van der Waals surface area contributed by atoms with Crippen LogP contribution in [0.5, 0.6) is 0 Å². The van der Waals surface area contributed by atoms with E-state index in [4.69, 9.17) is 9.98 Å². The molecule has 0 aromatic heterocycles. The Kier molecular flexibility index (Phi) is 23.9. The highest BCUT2D eigenvalue weighted by Gasteiger charge is 2.19. The van der Waals surface area contributed by atoms with Crippen LogP contribution in [0.2, 0.25) is 0 Å². The number of allylic oxidation sites excluding steroid dienone is 4. The first-order valence-electron chi connectivity index (χ1n) is 19.4. The van der Waals surface area contributed by atoms with Gasteiger partial charge in [-0.25, -0.2) is 0 Å². The zero-order valence-electron chi connectivity index (χ0n) is 33.3. The molecule has 0 fully saturated rings. The minimum Gasteiger partial charge on any atom is -0.384 e. The number of para-hydroxylation sites is 2. The Hall–Kier alpha value is -2.79. The highest BCUT2D eigenvalue weighted by molar-refractivity contribution is 6.03. The fourth-order valence-electron chi connectivity index (χ4n) is 6.49. The first-order chi connectivity index (χ1) is 23.1. The molecule has 2 aliphatic carbocycles. The smallest absolute Gasteiger partial charge is 0.0703 e. The highest BCUT2D eigenvalue weighted by Crippen LogP contribution is 2.36. The molecule has 0 saturated carbocycles. The van der Waals surface area contributed by atoms with Gasteiger partial charge in [-0.05, 0) is 97.3 Å². The number of anilines is 1. The molecule has 283 valence electrons. The highest BCUT2D eigenvalue weighted by atomic mass is 35.5. The zero-order chi connectivity index (χ0) is 35.1. The average Bonchev–Trinajstić information content (AvgIpc) is 3.06. The van der Waals surface area contributed by atoms with Crippen LogP contribution in [0.25, 0.3) is 0 Å². The molecule has 2 aromatic carbocycles. The molecule has 2 N–H and O–H groups in total. The average molecular weight is 716 g/mol. The summed E-state index contributed by atoms with van der Waals surface area (Å²) in [5.41, 5.74) is 13.1. The maximum Gasteiger partial charge on any atom is 0.0703 e. The number of halogens is 1. The van der Waals surface area contributed by atoms with Crippen molar-refractivity contribution >= 4 is 43.6 Å². The van der Waals surface area contributed by atoms with Gasteiger partial charge in [0.1, 0.15) is 0 Å². The van der Waals surface area contributed by atoms with Crippen LogP contribution in [0.4, 0.5) is 11.4 Å². The second-order valence-corrected chi connectivity index (χ2v) is 14.9. The van der Waals surface area contributed by atoms with Gasteiger partial charge in [0.15, 0.2) is 0 Å². The summed E-state index contributed by atoms with van der Waals surface area (Å²) in [5, 5.41) is 7.41. The molecule has 0 bridgehead atoms. The molecule has 2 aliphatic rings. The van der Waals surface area contributed by atoms with Gasteiger partial charge < -0.3 is 10.6 Å². The quantitative estimate of drug-likeness (QED) is 0.151. The molecule has 3 radical (unpaired) electrons. The van der Waals surface area contributed by atoms with Gasteiger partial charge in [-0.1, -0.05) is 138 Å². The number of benzene rings is 2. The van der Waals surface area contributed by atoms with Gasteiger partial charge in [0.2, 0.25) is 0 Å². The standard InChI is InChI=1S/2C22H34N2.CH4.B.ClH/c2*1-6-7-15-23-20-13-8-9-14-21(20)24-22-18(16(2)3)11-10-12-19(22)17(4)5;;;/h10-12,14,16-17,24H,6-9,13,15H2,1-5H3;10-13,16-17,23H,6-9,14-15H2,1-5H3;1H4;;1H. The Morgan fingerprint density at radius 1 is 0.647 bits per heavy atom. The van der Waals surface area contributed by atoms with Crippen LogP contribution >= 0.6 is 12.4 Å². The largest absolute Gasteiger partial charge is 0.384 e. The number of hydrogen-bond donors (Lipinski definition) is 2. The lowest BCUT2D eigenvalue weighted by Gasteiger charge is -2.24. The molecule has 0 amide bonds. The van der Waals surface area contributed by atoms with Crippen molar-refractivity contribution < 1.29 is 0 Å². The maximum absolute atomic E-state index is 5.21. The van der Waals surface area contributed by atoms with Crippen LogP contribution in [0.15, 0.2) is 69.9 Å². The summed E-state index contributed by atoms with van der Waals surface area (Å²) in [4.78, 5) is 10.1. The number of unbranched alkanes of at least 4 members (excludes halogenated alkanes) is 2. The number of nitrogens with one attached hydrogen (secondary N) is 2. The number of hydrogen-bond acceptors (Lipinski definition) is 4. The third-order valence-corrected chi connectivity index (χ3v) is 9.44. The Balaban J connectivity index is 0.000000926. The van der Waals surface area contributed by atoms with E-state index in [2.05, 4.69) is 128 Å². The van der Waals surface area contributed by atoms with Crippen LogP contribution < -0.4 is 10.6 Å². The van der Waals surface area contributed by atoms with Gasteiger partial charge in [-0.2, -0.15) is 0 Å². The molecule has 0 aliphatic heterocycles. The number of rotatable bonds is 14. The lowest BCUT2D eigenvalue weighted by Crippen LogP contribution is -2.23. The predicted molar refractivity (Wildman–Crippen MR) is 234 cm³/mol. The minimum absolute atomic E-state index is 0. The third-order valence-electron chi connectivity index (χ3n) is 9.44. The van der Waals surface area contributed by atoms with Crippen molar-refractivity contribution in [2.45, 2.75) is 165 Å². The minimum atomic E-state index is 0. The molecule has 2 aromatic rings. The Morgan fingerprint density at radius 3 is 1.61 bits per heavy atom. The second-order valence-electron chi connectivity index (χ2n) is 14.9. The molecule has 6 heteroatoms. The summed E-state index contributed by atoms with van der Waals surface area (Å²) in [6, 6.07) is 13.4.